The first-order chi connectivity index (χ1) is 12.2. The van der Waals surface area contributed by atoms with Crippen LogP contribution >= 0.6 is 0 Å². The molecule has 0 atom stereocenters. The van der Waals surface area contributed by atoms with Crippen LogP contribution in [0.2, 0.25) is 0 Å². The molecule has 0 aliphatic carbocycles. The molecular formula is C19H14N2O4. The van der Waals surface area contributed by atoms with Crippen LogP contribution in [-0.2, 0) is 4.74 Å². The number of esters is 1. The Kier molecular flexibility index (Phi) is 3.57. The maximum atomic E-state index is 12.7. The minimum Gasteiger partial charge on any atom is -0.462 e. The number of para-hydroxylation sites is 1. The quantitative estimate of drug-likeness (QED) is 0.580. The predicted octanol–water partition coefficient (Wildman–Crippen LogP) is 3.51. The summed E-state index contributed by atoms with van der Waals surface area (Å²) in [6.07, 6.45) is 3.21. The van der Waals surface area contributed by atoms with Crippen molar-refractivity contribution in [3.8, 4) is 11.1 Å². The van der Waals surface area contributed by atoms with Crippen molar-refractivity contribution < 1.29 is 13.9 Å². The highest BCUT2D eigenvalue weighted by atomic mass is 16.5. The van der Waals surface area contributed by atoms with E-state index in [-0.39, 0.29) is 12.2 Å². The van der Waals surface area contributed by atoms with E-state index in [1.54, 1.807) is 31.5 Å². The molecule has 124 valence electrons. The van der Waals surface area contributed by atoms with Crippen LogP contribution in [-0.4, -0.2) is 22.5 Å². The number of hydrogen-bond acceptors (Lipinski definition) is 5. The smallest absolute Gasteiger partial charge is 0.344 e. The zero-order chi connectivity index (χ0) is 17.4. The van der Waals surface area contributed by atoms with Crippen LogP contribution in [0.15, 0.2) is 58.0 Å². The summed E-state index contributed by atoms with van der Waals surface area (Å²) in [6.45, 7) is 1.86. The number of H-pyrrole nitrogens is 1. The molecule has 0 radical (unpaired) electrons. The van der Waals surface area contributed by atoms with E-state index in [0.29, 0.717) is 27.8 Å². The molecule has 0 spiro atoms. The number of aromatic nitrogens is 2. The third-order valence-electron chi connectivity index (χ3n) is 3.97. The van der Waals surface area contributed by atoms with Gasteiger partial charge < -0.3 is 14.1 Å². The van der Waals surface area contributed by atoms with Gasteiger partial charge in [0.15, 0.2) is 5.58 Å². The lowest BCUT2D eigenvalue weighted by Crippen LogP contribution is -2.21. The van der Waals surface area contributed by atoms with Crippen molar-refractivity contribution in [1.29, 1.82) is 0 Å². The molecule has 0 saturated carbocycles. The van der Waals surface area contributed by atoms with Crippen molar-refractivity contribution in [3.05, 3.63) is 64.7 Å². The van der Waals surface area contributed by atoms with Crippen LogP contribution in [0.1, 0.15) is 17.3 Å². The van der Waals surface area contributed by atoms with Gasteiger partial charge in [0.1, 0.15) is 11.1 Å². The van der Waals surface area contributed by atoms with Crippen LogP contribution in [0.4, 0.5) is 0 Å². The SMILES string of the molecule is CCOC(=O)c1c(-c2cccnc2)c2oc3ccccc3c2[nH]c1=O. The molecule has 0 aliphatic heterocycles. The zero-order valence-corrected chi connectivity index (χ0v) is 13.4. The molecule has 3 heterocycles. The Morgan fingerprint density at radius 1 is 1.24 bits per heavy atom. The van der Waals surface area contributed by atoms with E-state index < -0.39 is 11.5 Å². The third-order valence-corrected chi connectivity index (χ3v) is 3.97. The highest BCUT2D eigenvalue weighted by Gasteiger charge is 2.25. The number of furan rings is 1. The number of rotatable bonds is 3. The minimum absolute atomic E-state index is 0.0820. The van der Waals surface area contributed by atoms with E-state index >= 15 is 0 Å². The standard InChI is InChI=1S/C19H14N2O4/c1-2-24-19(23)15-14(11-6-5-9-20-10-11)17-16(21-18(15)22)12-7-3-4-8-13(12)25-17/h3-10H,2H2,1H3,(H,21,22). The summed E-state index contributed by atoms with van der Waals surface area (Å²) in [7, 11) is 0. The maximum Gasteiger partial charge on any atom is 0.344 e. The van der Waals surface area contributed by atoms with Crippen molar-refractivity contribution >= 4 is 28.0 Å². The molecule has 0 unspecified atom stereocenters. The monoisotopic (exact) mass is 334 g/mol. The van der Waals surface area contributed by atoms with E-state index in [1.807, 2.05) is 24.3 Å². The molecular weight excluding hydrogens is 320 g/mol. The number of nitrogens with zero attached hydrogens (tertiary/aromatic N) is 1. The van der Waals surface area contributed by atoms with E-state index in [2.05, 4.69) is 9.97 Å². The van der Waals surface area contributed by atoms with Crippen LogP contribution < -0.4 is 5.56 Å². The third kappa shape index (κ3) is 2.39. The molecule has 0 bridgehead atoms. The number of carbonyl (C=O) groups is 1. The van der Waals surface area contributed by atoms with E-state index in [1.165, 1.54) is 0 Å². The first-order valence-electron chi connectivity index (χ1n) is 7.85. The van der Waals surface area contributed by atoms with Gasteiger partial charge in [-0.05, 0) is 25.1 Å². The van der Waals surface area contributed by atoms with Gasteiger partial charge in [0.25, 0.3) is 5.56 Å². The predicted molar refractivity (Wildman–Crippen MR) is 93.5 cm³/mol. The number of pyridine rings is 2. The van der Waals surface area contributed by atoms with Crippen molar-refractivity contribution in [3.63, 3.8) is 0 Å². The average Bonchev–Trinajstić information content (AvgIpc) is 2.99. The normalized spacial score (nSPS) is 11.1. The fourth-order valence-electron chi connectivity index (χ4n) is 2.93. The molecule has 0 fully saturated rings. The van der Waals surface area contributed by atoms with E-state index in [9.17, 15) is 9.59 Å². The van der Waals surface area contributed by atoms with Gasteiger partial charge in [-0.25, -0.2) is 4.79 Å². The first kappa shape index (κ1) is 15.1. The second-order valence-electron chi connectivity index (χ2n) is 5.47. The summed E-state index contributed by atoms with van der Waals surface area (Å²) in [5.74, 6) is -0.690. The number of aromatic amines is 1. The first-order valence-corrected chi connectivity index (χ1v) is 7.85. The topological polar surface area (TPSA) is 85.2 Å². The van der Waals surface area contributed by atoms with Crippen molar-refractivity contribution in [1.82, 2.24) is 9.97 Å². The Bertz CT molecular complexity index is 1140. The number of fused-ring (bicyclic) bond motifs is 3. The summed E-state index contributed by atoms with van der Waals surface area (Å²) in [4.78, 5) is 31.9. The maximum absolute atomic E-state index is 12.7. The van der Waals surface area contributed by atoms with Crippen molar-refractivity contribution in [2.24, 2.45) is 0 Å². The fourth-order valence-corrected chi connectivity index (χ4v) is 2.93. The minimum atomic E-state index is -0.690. The Hall–Kier alpha value is -3.41. The molecule has 25 heavy (non-hydrogen) atoms. The van der Waals surface area contributed by atoms with Gasteiger partial charge in [-0.1, -0.05) is 18.2 Å². The van der Waals surface area contributed by atoms with Gasteiger partial charge in [0.05, 0.1) is 12.1 Å². The van der Waals surface area contributed by atoms with Crippen LogP contribution in [0, 0.1) is 0 Å². The Morgan fingerprint density at radius 3 is 2.84 bits per heavy atom. The Labute approximate surface area is 142 Å². The Balaban J connectivity index is 2.17. The van der Waals surface area contributed by atoms with Gasteiger partial charge in [0, 0.05) is 28.9 Å². The number of carbonyl (C=O) groups excluding carboxylic acids is 1. The van der Waals surface area contributed by atoms with Gasteiger partial charge in [0.2, 0.25) is 0 Å². The van der Waals surface area contributed by atoms with E-state index in [0.717, 1.165) is 5.39 Å². The lowest BCUT2D eigenvalue weighted by molar-refractivity contribution is 0.0525. The molecule has 6 nitrogen and oxygen atoms in total. The van der Waals surface area contributed by atoms with Gasteiger partial charge in [-0.15, -0.1) is 0 Å². The molecule has 4 rings (SSSR count). The van der Waals surface area contributed by atoms with Crippen molar-refractivity contribution in [2.45, 2.75) is 6.92 Å². The highest BCUT2D eigenvalue weighted by molar-refractivity contribution is 6.11. The van der Waals surface area contributed by atoms with Crippen LogP contribution in [0.5, 0.6) is 0 Å². The summed E-state index contributed by atoms with van der Waals surface area (Å²) >= 11 is 0. The largest absolute Gasteiger partial charge is 0.462 e. The molecule has 3 aromatic heterocycles. The molecule has 0 saturated heterocycles. The van der Waals surface area contributed by atoms with Crippen molar-refractivity contribution in [2.75, 3.05) is 6.61 Å². The molecule has 6 heteroatoms. The van der Waals surface area contributed by atoms with E-state index in [4.69, 9.17) is 9.15 Å². The average molecular weight is 334 g/mol. The summed E-state index contributed by atoms with van der Waals surface area (Å²) in [6, 6.07) is 10.9. The van der Waals surface area contributed by atoms with Gasteiger partial charge in [-0.2, -0.15) is 0 Å². The second-order valence-corrected chi connectivity index (χ2v) is 5.47. The molecule has 0 aliphatic rings. The number of ether oxygens (including phenoxy) is 1. The number of benzene rings is 1. The second kappa shape index (κ2) is 5.90. The van der Waals surface area contributed by atoms with Gasteiger partial charge >= 0.3 is 5.97 Å². The molecule has 4 aromatic rings. The zero-order valence-electron chi connectivity index (χ0n) is 13.4. The van der Waals surface area contributed by atoms with Crippen LogP contribution in [0.25, 0.3) is 33.2 Å². The van der Waals surface area contributed by atoms with Crippen LogP contribution in [0.3, 0.4) is 0 Å². The highest BCUT2D eigenvalue weighted by Crippen LogP contribution is 2.35. The summed E-state index contributed by atoms with van der Waals surface area (Å²) in [5, 5.41) is 0.773. The molecule has 1 aromatic carbocycles. The molecule has 1 N–H and O–H groups in total. The fraction of sp³-hybridized carbons (Fsp3) is 0.105. The lowest BCUT2D eigenvalue weighted by Gasteiger charge is -2.08. The number of hydrogen-bond donors (Lipinski definition) is 1. The Morgan fingerprint density at radius 2 is 2.08 bits per heavy atom. The summed E-state index contributed by atoms with van der Waals surface area (Å²) in [5.41, 5.74) is 2.00. The lowest BCUT2D eigenvalue weighted by atomic mass is 10.0. The summed E-state index contributed by atoms with van der Waals surface area (Å²) < 4.78 is 11.0. The number of nitrogens with one attached hydrogen (secondary N) is 1. The van der Waals surface area contributed by atoms with Gasteiger partial charge in [-0.3, -0.25) is 9.78 Å². The molecule has 0 amide bonds.